The van der Waals surface area contributed by atoms with E-state index in [0.29, 0.717) is 6.20 Å². The molecule has 0 radical (unpaired) electrons. The van der Waals surface area contributed by atoms with Crippen LogP contribution in [0.3, 0.4) is 0 Å². The smallest absolute Gasteiger partial charge is 0.418 e. The molecule has 0 atom stereocenters. The molecule has 0 unspecified atom stereocenters. The van der Waals surface area contributed by atoms with Crippen LogP contribution in [0.1, 0.15) is 11.1 Å². The van der Waals surface area contributed by atoms with Crippen LogP contribution in [0.25, 0.3) is 0 Å². The molecule has 0 bridgehead atoms. The zero-order chi connectivity index (χ0) is 12.3. The van der Waals surface area contributed by atoms with Crippen molar-refractivity contribution in [2.45, 2.75) is 12.6 Å². The summed E-state index contributed by atoms with van der Waals surface area (Å²) in [6.45, 7) is 0. The summed E-state index contributed by atoms with van der Waals surface area (Å²) < 4.78 is 41.8. The molecule has 0 saturated heterocycles. The number of halogens is 4. The number of pyridine rings is 1. The van der Waals surface area contributed by atoms with Gasteiger partial charge in [-0.1, -0.05) is 11.6 Å². The number of hydrogen-bond acceptors (Lipinski definition) is 3. The molecular formula is C9H7ClF3NO2. The van der Waals surface area contributed by atoms with E-state index in [1.165, 1.54) is 0 Å². The molecule has 7 heteroatoms. The highest BCUT2D eigenvalue weighted by Crippen LogP contribution is 2.32. The fourth-order valence-corrected chi connectivity index (χ4v) is 1.28. The Morgan fingerprint density at radius 1 is 1.56 bits per heavy atom. The lowest BCUT2D eigenvalue weighted by atomic mass is 10.1. The van der Waals surface area contributed by atoms with E-state index in [-0.39, 0.29) is 10.7 Å². The maximum atomic E-state index is 12.5. The maximum Gasteiger partial charge on any atom is 0.418 e. The monoisotopic (exact) mass is 253 g/mol. The van der Waals surface area contributed by atoms with Crippen molar-refractivity contribution < 1.29 is 22.7 Å². The average Bonchev–Trinajstić information content (AvgIpc) is 2.15. The Hall–Kier alpha value is -1.30. The summed E-state index contributed by atoms with van der Waals surface area (Å²) in [5.41, 5.74) is -1.23. The fraction of sp³-hybridized carbons (Fsp3) is 0.333. The lowest BCUT2D eigenvalue weighted by Gasteiger charge is -2.11. The van der Waals surface area contributed by atoms with Crippen LogP contribution in [0.2, 0.25) is 5.15 Å². The van der Waals surface area contributed by atoms with Gasteiger partial charge in [-0.05, 0) is 11.6 Å². The summed E-state index contributed by atoms with van der Waals surface area (Å²) in [6.07, 6.45) is -4.46. The molecule has 3 nitrogen and oxygen atoms in total. The van der Waals surface area contributed by atoms with E-state index >= 15 is 0 Å². The third-order valence-electron chi connectivity index (χ3n) is 1.82. The van der Waals surface area contributed by atoms with E-state index in [1.807, 2.05) is 0 Å². The molecule has 16 heavy (non-hydrogen) atoms. The van der Waals surface area contributed by atoms with Crippen molar-refractivity contribution in [2.75, 3.05) is 7.11 Å². The minimum atomic E-state index is -4.57. The number of hydrogen-bond donors (Lipinski definition) is 0. The number of rotatable bonds is 2. The second-order valence-electron chi connectivity index (χ2n) is 2.91. The minimum absolute atomic E-state index is 0.105. The second-order valence-corrected chi connectivity index (χ2v) is 3.30. The van der Waals surface area contributed by atoms with Crippen molar-refractivity contribution in [3.8, 4) is 0 Å². The number of methoxy groups -OCH3 is 1. The molecule has 0 amide bonds. The van der Waals surface area contributed by atoms with Crippen molar-refractivity contribution in [3.63, 3.8) is 0 Å². The predicted octanol–water partition coefficient (Wildman–Crippen LogP) is 2.47. The zero-order valence-electron chi connectivity index (χ0n) is 8.14. The van der Waals surface area contributed by atoms with Gasteiger partial charge in [0, 0.05) is 6.20 Å². The summed E-state index contributed by atoms with van der Waals surface area (Å²) in [4.78, 5) is 14.3. The maximum absolute atomic E-state index is 12.5. The highest BCUT2D eigenvalue weighted by atomic mass is 35.5. The van der Waals surface area contributed by atoms with Crippen LogP contribution >= 0.6 is 11.6 Å². The third-order valence-corrected chi connectivity index (χ3v) is 2.03. The normalized spacial score (nSPS) is 11.3. The van der Waals surface area contributed by atoms with Gasteiger partial charge in [0.15, 0.2) is 0 Å². The van der Waals surface area contributed by atoms with Crippen molar-refractivity contribution in [2.24, 2.45) is 0 Å². The Balaban J connectivity index is 3.13. The summed E-state index contributed by atoms with van der Waals surface area (Å²) in [7, 11) is 1.10. The number of nitrogens with zero attached hydrogens (tertiary/aromatic N) is 1. The number of aromatic nitrogens is 1. The van der Waals surface area contributed by atoms with Gasteiger partial charge in [0.25, 0.3) is 0 Å². The first kappa shape index (κ1) is 12.8. The zero-order valence-corrected chi connectivity index (χ0v) is 8.89. The molecular weight excluding hydrogens is 247 g/mol. The molecule has 1 aromatic rings. The molecule has 0 aromatic carbocycles. The van der Waals surface area contributed by atoms with Crippen molar-refractivity contribution in [1.82, 2.24) is 4.98 Å². The van der Waals surface area contributed by atoms with Gasteiger partial charge in [-0.25, -0.2) is 4.98 Å². The first-order chi connectivity index (χ1) is 7.34. The molecule has 1 heterocycles. The van der Waals surface area contributed by atoms with Crippen LogP contribution in [0, 0.1) is 0 Å². The van der Waals surface area contributed by atoms with Crippen LogP contribution in [0.15, 0.2) is 12.3 Å². The van der Waals surface area contributed by atoms with E-state index in [0.717, 1.165) is 13.2 Å². The van der Waals surface area contributed by atoms with Crippen molar-refractivity contribution in [1.29, 1.82) is 0 Å². The van der Waals surface area contributed by atoms with Gasteiger partial charge in [-0.2, -0.15) is 13.2 Å². The highest BCUT2D eigenvalue weighted by Gasteiger charge is 2.34. The summed E-state index contributed by atoms with van der Waals surface area (Å²) in [5.74, 6) is -0.771. The molecule has 0 spiro atoms. The van der Waals surface area contributed by atoms with Gasteiger partial charge in [0.1, 0.15) is 5.15 Å². The van der Waals surface area contributed by atoms with Gasteiger partial charge in [-0.3, -0.25) is 4.79 Å². The quantitative estimate of drug-likeness (QED) is 0.600. The molecule has 0 N–H and O–H groups in total. The average molecular weight is 254 g/mol. The lowest BCUT2D eigenvalue weighted by Crippen LogP contribution is -2.14. The van der Waals surface area contributed by atoms with E-state index < -0.39 is 24.1 Å². The van der Waals surface area contributed by atoms with Crippen LogP contribution in [0.5, 0.6) is 0 Å². The molecule has 0 fully saturated rings. The lowest BCUT2D eigenvalue weighted by molar-refractivity contribution is -0.141. The first-order valence-electron chi connectivity index (χ1n) is 4.13. The molecule has 0 aliphatic carbocycles. The van der Waals surface area contributed by atoms with Gasteiger partial charge in [0.05, 0.1) is 19.1 Å². The summed E-state index contributed by atoms with van der Waals surface area (Å²) >= 11 is 5.46. The largest absolute Gasteiger partial charge is 0.469 e. The SMILES string of the molecule is COC(=O)Cc1cc(Cl)ncc1C(F)(F)F. The third kappa shape index (κ3) is 3.10. The Morgan fingerprint density at radius 3 is 2.69 bits per heavy atom. The van der Waals surface area contributed by atoms with E-state index in [2.05, 4.69) is 9.72 Å². The van der Waals surface area contributed by atoms with Crippen LogP contribution < -0.4 is 0 Å². The second kappa shape index (κ2) is 4.69. The van der Waals surface area contributed by atoms with Gasteiger partial charge < -0.3 is 4.74 Å². The van der Waals surface area contributed by atoms with Crippen molar-refractivity contribution in [3.05, 3.63) is 28.5 Å². The number of ether oxygens (including phenoxy) is 1. The Morgan fingerprint density at radius 2 is 2.19 bits per heavy atom. The first-order valence-corrected chi connectivity index (χ1v) is 4.51. The molecule has 0 aliphatic rings. The number of carbonyl (C=O) groups excluding carboxylic acids is 1. The van der Waals surface area contributed by atoms with E-state index in [1.54, 1.807) is 0 Å². The summed E-state index contributed by atoms with van der Waals surface area (Å²) in [5, 5.41) is -0.105. The minimum Gasteiger partial charge on any atom is -0.469 e. The standard InChI is InChI=1S/C9H7ClF3NO2/c1-16-8(15)3-5-2-7(10)14-4-6(5)9(11,12)13/h2,4H,3H2,1H3. The van der Waals surface area contributed by atoms with Crippen LogP contribution in [-0.2, 0) is 22.1 Å². The molecule has 1 aromatic heterocycles. The Kier molecular flexibility index (Phi) is 3.74. The molecule has 88 valence electrons. The van der Waals surface area contributed by atoms with Gasteiger partial charge in [0.2, 0.25) is 0 Å². The van der Waals surface area contributed by atoms with Crippen LogP contribution in [0.4, 0.5) is 13.2 Å². The number of alkyl halides is 3. The van der Waals surface area contributed by atoms with Crippen LogP contribution in [-0.4, -0.2) is 18.1 Å². The predicted molar refractivity (Wildman–Crippen MR) is 50.0 cm³/mol. The van der Waals surface area contributed by atoms with E-state index in [4.69, 9.17) is 11.6 Å². The van der Waals surface area contributed by atoms with E-state index in [9.17, 15) is 18.0 Å². The van der Waals surface area contributed by atoms with Gasteiger partial charge in [-0.15, -0.1) is 0 Å². The van der Waals surface area contributed by atoms with Crippen molar-refractivity contribution >= 4 is 17.6 Å². The number of esters is 1. The number of carbonyl (C=O) groups is 1. The summed E-state index contributed by atoms with van der Waals surface area (Å²) in [6, 6.07) is 1.00. The topological polar surface area (TPSA) is 39.2 Å². The Bertz CT molecular complexity index is 406. The van der Waals surface area contributed by atoms with Gasteiger partial charge >= 0.3 is 12.1 Å². The molecule has 0 saturated carbocycles. The molecule has 1 rings (SSSR count). The highest BCUT2D eigenvalue weighted by molar-refractivity contribution is 6.29. The fourth-order valence-electron chi connectivity index (χ4n) is 1.10. The molecule has 0 aliphatic heterocycles. The Labute approximate surface area is 94.2 Å².